The predicted molar refractivity (Wildman–Crippen MR) is 66.2 cm³/mol. The Hall–Kier alpha value is -2.43. The summed E-state index contributed by atoms with van der Waals surface area (Å²) in [5.74, 6) is -0.977. The van der Waals surface area contributed by atoms with Crippen LogP contribution in [-0.2, 0) is 0 Å². The first-order chi connectivity index (χ1) is 8.58. The normalized spacial score (nSPS) is 10.1. The summed E-state index contributed by atoms with van der Waals surface area (Å²) in [7, 11) is 0. The van der Waals surface area contributed by atoms with Gasteiger partial charge in [0.05, 0.1) is 0 Å². The van der Waals surface area contributed by atoms with E-state index in [4.69, 9.17) is 0 Å². The van der Waals surface area contributed by atoms with Crippen LogP contribution in [0, 0.1) is 12.7 Å². The fourth-order valence-corrected chi connectivity index (χ4v) is 1.46. The zero-order valence-electron chi connectivity index (χ0n) is 9.66. The number of benzene rings is 1. The van der Waals surface area contributed by atoms with Crippen LogP contribution in [0.2, 0.25) is 0 Å². The molecule has 1 amide bonds. The van der Waals surface area contributed by atoms with Crippen LogP contribution in [0.15, 0.2) is 41.5 Å². The first kappa shape index (κ1) is 12.0. The Morgan fingerprint density at radius 3 is 2.78 bits per heavy atom. The van der Waals surface area contributed by atoms with Crippen LogP contribution < -0.4 is 10.7 Å². The number of nitrogens with one attached hydrogen (secondary N) is 2. The smallest absolute Gasteiger partial charge is 0.261 e. The summed E-state index contributed by atoms with van der Waals surface area (Å²) in [6.07, 6.45) is 2.74. The number of H-pyrrole nitrogens is 1. The van der Waals surface area contributed by atoms with Gasteiger partial charge in [0.25, 0.3) is 5.91 Å². The van der Waals surface area contributed by atoms with Crippen molar-refractivity contribution in [3.05, 3.63) is 63.8 Å². The van der Waals surface area contributed by atoms with E-state index >= 15 is 0 Å². The van der Waals surface area contributed by atoms with Crippen molar-refractivity contribution in [2.24, 2.45) is 0 Å². The summed E-state index contributed by atoms with van der Waals surface area (Å²) in [5, 5.41) is 2.47. The third kappa shape index (κ3) is 2.45. The van der Waals surface area contributed by atoms with E-state index in [2.05, 4.69) is 10.3 Å². The summed E-state index contributed by atoms with van der Waals surface area (Å²) in [6.45, 7) is 1.63. The van der Waals surface area contributed by atoms with Crippen LogP contribution in [0.5, 0.6) is 0 Å². The molecule has 5 heteroatoms. The van der Waals surface area contributed by atoms with Gasteiger partial charge in [-0.3, -0.25) is 9.59 Å². The van der Waals surface area contributed by atoms with Crippen molar-refractivity contribution in [1.29, 1.82) is 0 Å². The lowest BCUT2D eigenvalue weighted by Crippen LogP contribution is -2.20. The van der Waals surface area contributed by atoms with E-state index in [0.717, 1.165) is 0 Å². The minimum Gasteiger partial charge on any atom is -0.367 e. The van der Waals surface area contributed by atoms with Gasteiger partial charge in [0.1, 0.15) is 11.4 Å². The second kappa shape index (κ2) is 4.83. The van der Waals surface area contributed by atoms with Gasteiger partial charge in [-0.15, -0.1) is 0 Å². The molecular formula is C13H11FN2O2. The van der Waals surface area contributed by atoms with Crippen molar-refractivity contribution >= 4 is 11.6 Å². The number of aromatic amines is 1. The first-order valence-electron chi connectivity index (χ1n) is 5.32. The number of rotatable bonds is 2. The first-order valence-corrected chi connectivity index (χ1v) is 5.32. The van der Waals surface area contributed by atoms with Crippen molar-refractivity contribution in [3.63, 3.8) is 0 Å². The van der Waals surface area contributed by atoms with Crippen molar-refractivity contribution in [2.45, 2.75) is 6.92 Å². The number of halogens is 1. The molecule has 0 radical (unpaired) electrons. The number of pyridine rings is 1. The van der Waals surface area contributed by atoms with Gasteiger partial charge in [-0.05, 0) is 24.6 Å². The highest BCUT2D eigenvalue weighted by atomic mass is 19.1. The molecule has 4 nitrogen and oxygen atoms in total. The van der Waals surface area contributed by atoms with Gasteiger partial charge in [0.2, 0.25) is 0 Å². The highest BCUT2D eigenvalue weighted by Crippen LogP contribution is 2.13. The summed E-state index contributed by atoms with van der Waals surface area (Å²) in [5.41, 5.74) is 0.397. The minimum absolute atomic E-state index is 0.0153. The van der Waals surface area contributed by atoms with Crippen molar-refractivity contribution in [1.82, 2.24) is 4.98 Å². The minimum atomic E-state index is -0.569. The van der Waals surface area contributed by atoms with Gasteiger partial charge in [0.15, 0.2) is 5.43 Å². The van der Waals surface area contributed by atoms with E-state index in [1.54, 1.807) is 19.1 Å². The number of anilines is 1. The molecule has 0 aliphatic rings. The summed E-state index contributed by atoms with van der Waals surface area (Å²) >= 11 is 0. The molecule has 1 aromatic carbocycles. The van der Waals surface area contributed by atoms with Crippen LogP contribution in [0.4, 0.5) is 10.1 Å². The molecule has 0 saturated carbocycles. The highest BCUT2D eigenvalue weighted by Gasteiger charge is 2.10. The fourth-order valence-electron chi connectivity index (χ4n) is 1.46. The molecule has 92 valence electrons. The van der Waals surface area contributed by atoms with Crippen molar-refractivity contribution in [3.8, 4) is 0 Å². The largest absolute Gasteiger partial charge is 0.367 e. The molecule has 0 bridgehead atoms. The van der Waals surface area contributed by atoms with E-state index in [0.29, 0.717) is 11.3 Å². The number of aryl methyl sites for hydroxylation is 1. The number of carbonyl (C=O) groups is 1. The van der Waals surface area contributed by atoms with Crippen LogP contribution in [-0.4, -0.2) is 10.9 Å². The number of amides is 1. The second-order valence-electron chi connectivity index (χ2n) is 3.84. The third-order valence-electron chi connectivity index (χ3n) is 2.50. The Morgan fingerprint density at radius 1 is 1.33 bits per heavy atom. The van der Waals surface area contributed by atoms with Gasteiger partial charge < -0.3 is 10.3 Å². The SMILES string of the molecule is Cc1ccc(NC(=O)c2c[nH]ccc2=O)cc1F. The van der Waals surface area contributed by atoms with Gasteiger partial charge in [-0.2, -0.15) is 0 Å². The third-order valence-corrected chi connectivity index (χ3v) is 2.50. The highest BCUT2D eigenvalue weighted by molar-refractivity contribution is 6.03. The maximum Gasteiger partial charge on any atom is 0.261 e. The summed E-state index contributed by atoms with van der Waals surface area (Å²) in [6, 6.07) is 5.60. The molecule has 0 unspecified atom stereocenters. The van der Waals surface area contributed by atoms with Gasteiger partial charge in [-0.1, -0.05) is 6.07 Å². The fraction of sp³-hybridized carbons (Fsp3) is 0.0769. The number of aromatic nitrogens is 1. The van der Waals surface area contributed by atoms with Crippen LogP contribution in [0.3, 0.4) is 0 Å². The standard InChI is InChI=1S/C13H11FN2O2/c1-8-2-3-9(6-11(8)14)16-13(18)10-7-15-5-4-12(10)17/h2-7H,1H3,(H,15,17)(H,16,18). The zero-order valence-corrected chi connectivity index (χ0v) is 9.66. The van der Waals surface area contributed by atoms with Crippen LogP contribution in [0.1, 0.15) is 15.9 Å². The molecule has 1 heterocycles. The molecule has 0 atom stereocenters. The average molecular weight is 246 g/mol. The molecular weight excluding hydrogens is 235 g/mol. The predicted octanol–water partition coefficient (Wildman–Crippen LogP) is 2.07. The molecule has 1 aromatic heterocycles. The molecule has 18 heavy (non-hydrogen) atoms. The Labute approximate surface area is 102 Å². The van der Waals surface area contributed by atoms with Gasteiger partial charge in [0, 0.05) is 24.1 Å². The monoisotopic (exact) mass is 246 g/mol. The Kier molecular flexibility index (Phi) is 3.23. The maximum absolute atomic E-state index is 13.3. The Morgan fingerprint density at radius 2 is 2.11 bits per heavy atom. The van der Waals surface area contributed by atoms with Crippen LogP contribution in [0.25, 0.3) is 0 Å². The lowest BCUT2D eigenvalue weighted by molar-refractivity contribution is 0.102. The number of hydrogen-bond acceptors (Lipinski definition) is 2. The molecule has 2 N–H and O–H groups in total. The number of hydrogen-bond donors (Lipinski definition) is 2. The molecule has 0 saturated heterocycles. The van der Waals surface area contributed by atoms with Gasteiger partial charge in [-0.25, -0.2) is 4.39 Å². The zero-order chi connectivity index (χ0) is 13.1. The van der Waals surface area contributed by atoms with E-state index in [9.17, 15) is 14.0 Å². The maximum atomic E-state index is 13.3. The summed E-state index contributed by atoms with van der Waals surface area (Å²) in [4.78, 5) is 25.8. The summed E-state index contributed by atoms with van der Waals surface area (Å²) < 4.78 is 13.3. The van der Waals surface area contributed by atoms with Gasteiger partial charge >= 0.3 is 0 Å². The lowest BCUT2D eigenvalue weighted by Gasteiger charge is -2.05. The quantitative estimate of drug-likeness (QED) is 0.852. The lowest BCUT2D eigenvalue weighted by atomic mass is 10.2. The van der Waals surface area contributed by atoms with Crippen molar-refractivity contribution in [2.75, 3.05) is 5.32 Å². The van der Waals surface area contributed by atoms with E-state index in [1.807, 2.05) is 0 Å². The molecule has 0 aliphatic carbocycles. The van der Waals surface area contributed by atoms with E-state index in [1.165, 1.54) is 24.5 Å². The second-order valence-corrected chi connectivity index (χ2v) is 3.84. The molecule has 0 aliphatic heterocycles. The van der Waals surface area contributed by atoms with Crippen LogP contribution >= 0.6 is 0 Å². The molecule has 0 fully saturated rings. The Balaban J connectivity index is 2.24. The van der Waals surface area contributed by atoms with E-state index < -0.39 is 11.7 Å². The topological polar surface area (TPSA) is 62.0 Å². The van der Waals surface area contributed by atoms with E-state index in [-0.39, 0.29) is 11.0 Å². The molecule has 2 rings (SSSR count). The number of carbonyl (C=O) groups excluding carboxylic acids is 1. The van der Waals surface area contributed by atoms with Crippen molar-refractivity contribution < 1.29 is 9.18 Å². The average Bonchev–Trinajstić information content (AvgIpc) is 2.34. The molecule has 2 aromatic rings. The Bertz CT molecular complexity index is 649. The molecule has 0 spiro atoms.